The fourth-order valence-corrected chi connectivity index (χ4v) is 2.73. The number of carbonyl (C=O) groups is 1. The van der Waals surface area contributed by atoms with Crippen LogP contribution in [0, 0.1) is 0 Å². The van der Waals surface area contributed by atoms with Crippen molar-refractivity contribution in [2.24, 2.45) is 5.10 Å². The number of rotatable bonds is 7. The maximum atomic E-state index is 12.1. The molecule has 0 saturated heterocycles. The summed E-state index contributed by atoms with van der Waals surface area (Å²) in [5.41, 5.74) is 3.76. The maximum absolute atomic E-state index is 12.1. The largest absolute Gasteiger partial charge is 0.493 e. The maximum Gasteiger partial charge on any atom is 0.272 e. The lowest BCUT2D eigenvalue weighted by Gasteiger charge is -2.11. The fraction of sp³-hybridized carbons (Fsp3) is 0.105. The summed E-state index contributed by atoms with van der Waals surface area (Å²) in [5.74, 6) is 0.841. The lowest BCUT2D eigenvalue weighted by atomic mass is 10.2. The van der Waals surface area contributed by atoms with Crippen molar-refractivity contribution in [3.8, 4) is 11.5 Å². The van der Waals surface area contributed by atoms with Crippen molar-refractivity contribution in [3.63, 3.8) is 0 Å². The molecule has 1 amide bonds. The molecule has 0 bridgehead atoms. The first-order valence-corrected chi connectivity index (χ1v) is 8.83. The van der Waals surface area contributed by atoms with Crippen LogP contribution in [0.1, 0.15) is 15.9 Å². The molecule has 138 valence electrons. The van der Waals surface area contributed by atoms with E-state index in [1.807, 2.05) is 18.2 Å². The van der Waals surface area contributed by atoms with Crippen LogP contribution < -0.4 is 14.9 Å². The minimum atomic E-state index is -0.303. The van der Waals surface area contributed by atoms with Crippen LogP contribution in [0.5, 0.6) is 11.5 Å². The first kappa shape index (κ1) is 18.7. The highest BCUT2D eigenvalue weighted by Crippen LogP contribution is 2.27. The van der Waals surface area contributed by atoms with E-state index < -0.39 is 0 Å². The molecule has 7 nitrogen and oxygen atoms in total. The molecule has 3 aromatic rings. The summed E-state index contributed by atoms with van der Waals surface area (Å²) in [4.78, 5) is 12.1. The fourth-order valence-electron chi connectivity index (χ4n) is 2.27. The van der Waals surface area contributed by atoms with Crippen LogP contribution in [0.25, 0.3) is 0 Å². The van der Waals surface area contributed by atoms with Crippen molar-refractivity contribution < 1.29 is 14.3 Å². The number of hydrazone groups is 1. The van der Waals surface area contributed by atoms with Crippen molar-refractivity contribution in [1.82, 2.24) is 15.2 Å². The Bertz CT molecular complexity index is 942. The van der Waals surface area contributed by atoms with E-state index in [2.05, 4.69) is 31.6 Å². The molecule has 0 aliphatic heterocycles. The van der Waals surface area contributed by atoms with Crippen molar-refractivity contribution in [3.05, 3.63) is 76.5 Å². The zero-order valence-electron chi connectivity index (χ0n) is 14.5. The Kier molecular flexibility index (Phi) is 6.22. The molecule has 0 saturated carbocycles. The molecule has 27 heavy (non-hydrogen) atoms. The highest BCUT2D eigenvalue weighted by atomic mass is 79.9. The minimum Gasteiger partial charge on any atom is -0.493 e. The van der Waals surface area contributed by atoms with Gasteiger partial charge in [0.1, 0.15) is 0 Å². The lowest BCUT2D eigenvalue weighted by molar-refractivity contribution is 0.0954. The molecule has 0 spiro atoms. The van der Waals surface area contributed by atoms with Crippen molar-refractivity contribution >= 4 is 28.1 Å². The number of benzene rings is 2. The zero-order chi connectivity index (χ0) is 19.1. The number of methoxy groups -OCH3 is 1. The van der Waals surface area contributed by atoms with Crippen LogP contribution in [-0.2, 0) is 6.73 Å². The first-order valence-electron chi connectivity index (χ1n) is 8.03. The SMILES string of the molecule is COc1ccc(/C=N/NC(=O)c2ccccc2Br)cc1OCn1cccn1. The van der Waals surface area contributed by atoms with E-state index in [1.54, 1.807) is 54.5 Å². The Balaban J connectivity index is 1.67. The van der Waals surface area contributed by atoms with Gasteiger partial charge < -0.3 is 9.47 Å². The highest BCUT2D eigenvalue weighted by Gasteiger charge is 2.08. The Morgan fingerprint density at radius 3 is 2.85 bits per heavy atom. The summed E-state index contributed by atoms with van der Waals surface area (Å²) < 4.78 is 13.4. The van der Waals surface area contributed by atoms with E-state index in [-0.39, 0.29) is 12.6 Å². The number of hydrogen-bond acceptors (Lipinski definition) is 5. The monoisotopic (exact) mass is 428 g/mol. The van der Waals surface area contributed by atoms with Crippen molar-refractivity contribution in [1.29, 1.82) is 0 Å². The summed E-state index contributed by atoms with van der Waals surface area (Å²) >= 11 is 3.34. The highest BCUT2D eigenvalue weighted by molar-refractivity contribution is 9.10. The summed E-state index contributed by atoms with van der Waals surface area (Å²) in [5, 5.41) is 8.09. The van der Waals surface area contributed by atoms with Crippen LogP contribution in [0.2, 0.25) is 0 Å². The molecular formula is C19H17BrN4O3. The first-order chi connectivity index (χ1) is 13.2. The third-order valence-corrected chi connectivity index (χ3v) is 4.29. The van der Waals surface area contributed by atoms with Crippen LogP contribution in [0.3, 0.4) is 0 Å². The predicted octanol–water partition coefficient (Wildman–Crippen LogP) is 3.45. The number of nitrogens with zero attached hydrogens (tertiary/aromatic N) is 3. The molecule has 1 N–H and O–H groups in total. The van der Waals surface area contributed by atoms with Crippen molar-refractivity contribution in [2.75, 3.05) is 7.11 Å². The van der Waals surface area contributed by atoms with E-state index >= 15 is 0 Å². The van der Waals surface area contributed by atoms with Gasteiger partial charge in [-0.2, -0.15) is 10.2 Å². The van der Waals surface area contributed by atoms with E-state index in [4.69, 9.17) is 9.47 Å². The van der Waals surface area contributed by atoms with Crippen molar-refractivity contribution in [2.45, 2.75) is 6.73 Å². The predicted molar refractivity (Wildman–Crippen MR) is 105 cm³/mol. The van der Waals surface area contributed by atoms with Gasteiger partial charge in [0.2, 0.25) is 0 Å². The van der Waals surface area contributed by atoms with Gasteiger partial charge in [0, 0.05) is 16.9 Å². The Labute approximate surface area is 164 Å². The van der Waals surface area contributed by atoms with Crippen LogP contribution in [0.4, 0.5) is 0 Å². The van der Waals surface area contributed by atoms with Gasteiger partial charge in [-0.25, -0.2) is 10.1 Å². The Hall–Kier alpha value is -3.13. The van der Waals surface area contributed by atoms with Gasteiger partial charge >= 0.3 is 0 Å². The topological polar surface area (TPSA) is 77.7 Å². The van der Waals surface area contributed by atoms with Gasteiger partial charge in [-0.05, 0) is 57.9 Å². The van der Waals surface area contributed by atoms with Crippen LogP contribution in [0.15, 0.2) is 70.5 Å². The van der Waals surface area contributed by atoms with Gasteiger partial charge in [0.15, 0.2) is 18.2 Å². The van der Waals surface area contributed by atoms with Gasteiger partial charge in [-0.3, -0.25) is 4.79 Å². The average Bonchev–Trinajstić information content (AvgIpc) is 3.20. The second-order valence-electron chi connectivity index (χ2n) is 5.41. The minimum absolute atomic E-state index is 0.253. The summed E-state index contributed by atoms with van der Waals surface area (Å²) in [7, 11) is 1.57. The number of aromatic nitrogens is 2. The molecule has 0 radical (unpaired) electrons. The number of nitrogens with one attached hydrogen (secondary N) is 1. The second-order valence-corrected chi connectivity index (χ2v) is 6.26. The molecule has 0 aliphatic carbocycles. The molecule has 2 aromatic carbocycles. The number of hydrogen-bond donors (Lipinski definition) is 1. The van der Waals surface area contributed by atoms with Crippen LogP contribution in [-0.4, -0.2) is 29.0 Å². The summed E-state index contributed by atoms with van der Waals surface area (Å²) in [6.07, 6.45) is 5.02. The quantitative estimate of drug-likeness (QED) is 0.461. The van der Waals surface area contributed by atoms with Crippen LogP contribution >= 0.6 is 15.9 Å². The molecule has 1 aromatic heterocycles. The molecule has 0 atom stereocenters. The number of carbonyl (C=O) groups excluding carboxylic acids is 1. The lowest BCUT2D eigenvalue weighted by Crippen LogP contribution is -2.18. The summed E-state index contributed by atoms with van der Waals surface area (Å²) in [6, 6.07) is 14.3. The number of amides is 1. The van der Waals surface area contributed by atoms with E-state index in [0.29, 0.717) is 21.5 Å². The third kappa shape index (κ3) is 4.95. The zero-order valence-corrected chi connectivity index (χ0v) is 16.1. The normalized spacial score (nSPS) is 10.7. The molecule has 3 rings (SSSR count). The van der Waals surface area contributed by atoms with E-state index in [1.165, 1.54) is 6.21 Å². The van der Waals surface area contributed by atoms with Gasteiger partial charge in [0.05, 0.1) is 18.9 Å². The molecule has 0 fully saturated rings. The number of halogens is 1. The molecule has 0 aliphatic rings. The average molecular weight is 429 g/mol. The smallest absolute Gasteiger partial charge is 0.272 e. The van der Waals surface area contributed by atoms with Gasteiger partial charge in [-0.15, -0.1) is 0 Å². The third-order valence-electron chi connectivity index (χ3n) is 3.60. The summed E-state index contributed by atoms with van der Waals surface area (Å²) in [6.45, 7) is 0.253. The van der Waals surface area contributed by atoms with Gasteiger partial charge in [-0.1, -0.05) is 12.1 Å². The number of ether oxygens (including phenoxy) is 2. The molecule has 0 unspecified atom stereocenters. The Morgan fingerprint density at radius 2 is 2.11 bits per heavy atom. The molecular weight excluding hydrogens is 412 g/mol. The van der Waals surface area contributed by atoms with E-state index in [0.717, 1.165) is 5.56 Å². The molecule has 1 heterocycles. The standard InChI is InChI=1S/C19H17BrN4O3/c1-26-17-8-7-14(11-18(17)27-13-24-10-4-9-22-24)12-21-23-19(25)15-5-2-3-6-16(15)20/h2-12H,13H2,1H3,(H,23,25)/b21-12+. The molecule has 8 heteroatoms. The van der Waals surface area contributed by atoms with Gasteiger partial charge in [0.25, 0.3) is 5.91 Å². The Morgan fingerprint density at radius 1 is 1.26 bits per heavy atom. The van der Waals surface area contributed by atoms with E-state index in [9.17, 15) is 4.79 Å². The second kappa shape index (κ2) is 9.00.